The van der Waals surface area contributed by atoms with E-state index in [1.54, 1.807) is 12.1 Å². The van der Waals surface area contributed by atoms with Gasteiger partial charge in [-0.25, -0.2) is 0 Å². The monoisotopic (exact) mass is 430 g/mol. The number of hydrogen-bond donors (Lipinski definition) is 2. The Bertz CT molecular complexity index is 329. The molecule has 0 saturated heterocycles. The molecule has 14 nitrogen and oxygen atoms in total. The van der Waals surface area contributed by atoms with E-state index in [0.717, 1.165) is 0 Å². The molecule has 2 N–H and O–H groups in total. The van der Waals surface area contributed by atoms with Crippen molar-refractivity contribution in [2.75, 3.05) is 0 Å². The van der Waals surface area contributed by atoms with Crippen LogP contribution in [-0.2, 0) is 0 Å². The first-order chi connectivity index (χ1) is 10.7. The van der Waals surface area contributed by atoms with Crippen LogP contribution in [0, 0.1) is 0 Å². The summed E-state index contributed by atoms with van der Waals surface area (Å²) in [6.07, 6.45) is 0. The molecule has 1 rings (SSSR count). The third-order valence-electron chi connectivity index (χ3n) is 0.882. The Kier molecular flexibility index (Phi) is 243. The standard InChI is InChI=1S/C6H6O2.4BO3.12Li/c7-5-3-1-2-4-6(5)8;4*2-1(3)4;;;;;;;;;;;;/h1-4,7-8H;;;;;;;;;;;;;;;;/q;4*-3;12*+1. The summed E-state index contributed by atoms with van der Waals surface area (Å²) in [7, 11) is -11.7. The molecule has 0 heterocycles. The molecule has 138 valence electrons. The van der Waals surface area contributed by atoms with Gasteiger partial charge in [0, 0.05) is 0 Å². The number of phenolic OH excluding ortho intramolecular Hbond substituents is 2. The minimum Gasteiger partial charge on any atom is -0.907 e. The van der Waals surface area contributed by atoms with Crippen molar-refractivity contribution in [2.45, 2.75) is 0 Å². The number of phenols is 2. The molecule has 0 spiro atoms. The van der Waals surface area contributed by atoms with Crippen LogP contribution in [-0.4, -0.2) is 39.5 Å². The SMILES string of the molecule is Oc1ccccc1O.[Li+].[Li+].[Li+].[Li+].[Li+].[Li+].[Li+].[Li+].[Li+].[Li+].[Li+].[Li+].[O-]B([O-])[O-].[O-]B([O-])[O-].[O-]B([O-])[O-].[O-]B([O-])[O-]. The average Bonchev–Trinajstić information content (AvgIpc) is 2.30. The molecule has 0 aliphatic carbocycles. The molecule has 0 fully saturated rings. The van der Waals surface area contributed by atoms with Gasteiger partial charge in [0.05, 0.1) is 0 Å². The summed E-state index contributed by atoms with van der Waals surface area (Å²) in [5, 5.41) is 118. The summed E-state index contributed by atoms with van der Waals surface area (Å²) in [5.74, 6) is -0.153. The molecule has 1 aromatic rings. The predicted molar refractivity (Wildman–Crippen MR) is 52.8 cm³/mol. The van der Waals surface area contributed by atoms with Gasteiger partial charge in [-0.1, -0.05) is 12.1 Å². The van der Waals surface area contributed by atoms with Crippen LogP contribution in [0.4, 0.5) is 0 Å². The van der Waals surface area contributed by atoms with E-state index in [9.17, 15) is 0 Å². The molecule has 0 unspecified atom stereocenters. The summed E-state index contributed by atoms with van der Waals surface area (Å²) in [6, 6.07) is 6.15. The van der Waals surface area contributed by atoms with Gasteiger partial charge in [0.2, 0.25) is 0 Å². The Hall–Kier alpha value is 5.77. The second-order valence-electron chi connectivity index (χ2n) is 2.64. The third-order valence-corrected chi connectivity index (χ3v) is 0.882. The van der Waals surface area contributed by atoms with E-state index in [-0.39, 0.29) is 238 Å². The fraction of sp³-hybridized carbons (Fsp3) is 0. The zero-order valence-electron chi connectivity index (χ0n) is 23.4. The molecule has 0 aliphatic rings. The van der Waals surface area contributed by atoms with Crippen molar-refractivity contribution in [3.8, 4) is 11.5 Å². The first kappa shape index (κ1) is 105. The van der Waals surface area contributed by atoms with Crippen LogP contribution in [0.25, 0.3) is 0 Å². The maximum Gasteiger partial charge on any atom is 1.00 e. The number of rotatable bonds is 0. The second kappa shape index (κ2) is 83.6. The fourth-order valence-electron chi connectivity index (χ4n) is 0.464. The first-order valence-corrected chi connectivity index (χ1v) is 5.10. The first-order valence-electron chi connectivity index (χ1n) is 5.10. The third kappa shape index (κ3) is 213. The summed E-state index contributed by atoms with van der Waals surface area (Å²) in [4.78, 5) is 0. The molecule has 0 amide bonds. The largest absolute Gasteiger partial charge is 1.00 e. The zero-order valence-corrected chi connectivity index (χ0v) is 23.4. The van der Waals surface area contributed by atoms with Crippen LogP contribution in [0.15, 0.2) is 24.3 Å². The van der Waals surface area contributed by atoms with Crippen molar-refractivity contribution >= 4 is 29.3 Å². The molecular formula is C6H6B4Li12O14. The quantitative estimate of drug-likeness (QED) is 0.286. The predicted octanol–water partition coefficient (Wildman–Crippen LogP) is -50.6. The van der Waals surface area contributed by atoms with Gasteiger partial charge in [0.15, 0.2) is 11.5 Å². The fourth-order valence-corrected chi connectivity index (χ4v) is 0.464. The minimum atomic E-state index is -2.92. The van der Waals surface area contributed by atoms with Crippen molar-refractivity contribution in [2.24, 2.45) is 0 Å². The Balaban J connectivity index is -0.00000000944. The van der Waals surface area contributed by atoms with Gasteiger partial charge in [-0.05, 0) is 12.1 Å². The van der Waals surface area contributed by atoms with Crippen LogP contribution in [0.2, 0.25) is 0 Å². The minimum absolute atomic E-state index is 0. The van der Waals surface area contributed by atoms with Crippen molar-refractivity contribution in [1.29, 1.82) is 0 Å². The summed E-state index contributed by atoms with van der Waals surface area (Å²) in [6.45, 7) is 0. The Morgan fingerprint density at radius 2 is 0.417 bits per heavy atom. The summed E-state index contributed by atoms with van der Waals surface area (Å²) < 4.78 is 0. The maximum atomic E-state index is 8.67. The normalized spacial score (nSPS) is 5.00. The van der Waals surface area contributed by atoms with Gasteiger partial charge >= 0.3 is 226 Å². The van der Waals surface area contributed by atoms with Gasteiger partial charge < -0.3 is 70.5 Å². The number of para-hydroxylation sites is 2. The van der Waals surface area contributed by atoms with E-state index < -0.39 is 29.3 Å². The van der Waals surface area contributed by atoms with Crippen LogP contribution in [0.3, 0.4) is 0 Å². The van der Waals surface area contributed by atoms with E-state index in [4.69, 9.17) is 70.5 Å². The van der Waals surface area contributed by atoms with Gasteiger partial charge in [-0.3, -0.25) is 29.3 Å². The molecule has 0 radical (unpaired) electrons. The summed E-state index contributed by atoms with van der Waals surface area (Å²) in [5.41, 5.74) is 0. The van der Waals surface area contributed by atoms with E-state index in [0.29, 0.717) is 0 Å². The topological polar surface area (TPSA) is 317 Å². The molecule has 0 saturated carbocycles. The van der Waals surface area contributed by atoms with Crippen molar-refractivity contribution in [3.05, 3.63) is 24.3 Å². The molecule has 1 aromatic carbocycles. The molecule has 36 heavy (non-hydrogen) atoms. The number of aromatic hydroxyl groups is 2. The molecule has 0 aliphatic heterocycles. The van der Waals surface area contributed by atoms with Crippen LogP contribution < -0.4 is 287 Å². The zero-order chi connectivity index (χ0) is 20.3. The molecule has 30 heteroatoms. The summed E-state index contributed by atoms with van der Waals surface area (Å²) >= 11 is 0. The van der Waals surface area contributed by atoms with E-state index in [1.165, 1.54) is 12.1 Å². The van der Waals surface area contributed by atoms with Crippen LogP contribution >= 0.6 is 0 Å². The van der Waals surface area contributed by atoms with Crippen molar-refractivity contribution in [1.82, 2.24) is 0 Å². The van der Waals surface area contributed by atoms with Gasteiger partial charge in [0.1, 0.15) is 0 Å². The van der Waals surface area contributed by atoms with Gasteiger partial charge in [0.25, 0.3) is 0 Å². The van der Waals surface area contributed by atoms with Crippen LogP contribution in [0.1, 0.15) is 0 Å². The van der Waals surface area contributed by atoms with E-state index in [2.05, 4.69) is 0 Å². The second-order valence-corrected chi connectivity index (χ2v) is 2.64. The Labute approximate surface area is 356 Å². The smallest absolute Gasteiger partial charge is 0.907 e. The van der Waals surface area contributed by atoms with E-state index >= 15 is 0 Å². The molecule has 0 atom stereocenters. The van der Waals surface area contributed by atoms with Crippen molar-refractivity contribution in [3.63, 3.8) is 0 Å². The van der Waals surface area contributed by atoms with Crippen molar-refractivity contribution < 1.29 is 297 Å². The number of benzene rings is 1. The molecule has 0 bridgehead atoms. The number of hydrogen-bond acceptors (Lipinski definition) is 14. The maximum absolute atomic E-state index is 8.67. The molecule has 0 aromatic heterocycles. The van der Waals surface area contributed by atoms with Gasteiger partial charge in [-0.2, -0.15) is 0 Å². The van der Waals surface area contributed by atoms with Gasteiger partial charge in [-0.15, -0.1) is 0 Å². The Morgan fingerprint density at radius 1 is 0.333 bits per heavy atom. The van der Waals surface area contributed by atoms with Crippen LogP contribution in [0.5, 0.6) is 11.5 Å². The van der Waals surface area contributed by atoms with E-state index in [1.807, 2.05) is 0 Å². The molecular weight excluding hydrogens is 423 g/mol. The Morgan fingerprint density at radius 3 is 0.472 bits per heavy atom. The average molecular weight is 429 g/mol.